The van der Waals surface area contributed by atoms with Crippen molar-refractivity contribution in [3.8, 4) is 0 Å². The number of imidazole rings is 1. The summed E-state index contributed by atoms with van der Waals surface area (Å²) in [6.07, 6.45) is 4.62. The molecule has 114 valence electrons. The predicted octanol–water partition coefficient (Wildman–Crippen LogP) is 2.46. The maximum atomic E-state index is 5.10. The van der Waals surface area contributed by atoms with Crippen LogP contribution in [0.4, 0.5) is 0 Å². The Balaban J connectivity index is 1.53. The van der Waals surface area contributed by atoms with Gasteiger partial charge in [0.25, 0.3) is 0 Å². The standard InChI is InChI=1S/C15H22N4OS/c1-11-8-19-5-3-4-12(15(19)17-11)6-16-7-13-10-21-14(18-13)9-20-2/h8,10,12,16H,3-7,9H2,1-2H3. The van der Waals surface area contributed by atoms with E-state index in [2.05, 4.69) is 38.4 Å². The van der Waals surface area contributed by atoms with Gasteiger partial charge in [-0.15, -0.1) is 11.3 Å². The molecule has 1 aliphatic rings. The second-order valence-electron chi connectivity index (χ2n) is 5.57. The second kappa shape index (κ2) is 6.68. The van der Waals surface area contributed by atoms with Gasteiger partial charge in [-0.2, -0.15) is 0 Å². The summed E-state index contributed by atoms with van der Waals surface area (Å²) in [5.41, 5.74) is 2.22. The minimum Gasteiger partial charge on any atom is -0.378 e. The number of nitrogens with one attached hydrogen (secondary N) is 1. The van der Waals surface area contributed by atoms with Crippen molar-refractivity contribution in [3.63, 3.8) is 0 Å². The molecular weight excluding hydrogens is 284 g/mol. The molecule has 2 aromatic heterocycles. The Morgan fingerprint density at radius 2 is 2.38 bits per heavy atom. The van der Waals surface area contributed by atoms with Crippen molar-refractivity contribution < 1.29 is 4.74 Å². The van der Waals surface area contributed by atoms with Crippen LogP contribution in [0.15, 0.2) is 11.6 Å². The van der Waals surface area contributed by atoms with Crippen LogP contribution in [0.5, 0.6) is 0 Å². The lowest BCUT2D eigenvalue weighted by Gasteiger charge is -2.23. The summed E-state index contributed by atoms with van der Waals surface area (Å²) in [6, 6.07) is 0. The molecule has 0 saturated heterocycles. The smallest absolute Gasteiger partial charge is 0.119 e. The summed E-state index contributed by atoms with van der Waals surface area (Å²) >= 11 is 1.66. The van der Waals surface area contributed by atoms with Crippen LogP contribution in [0.2, 0.25) is 0 Å². The first-order chi connectivity index (χ1) is 10.3. The van der Waals surface area contributed by atoms with Crippen LogP contribution in [0.1, 0.15) is 41.0 Å². The van der Waals surface area contributed by atoms with E-state index in [4.69, 9.17) is 4.74 Å². The number of aromatic nitrogens is 3. The molecule has 3 rings (SSSR count). The van der Waals surface area contributed by atoms with Gasteiger partial charge in [-0.05, 0) is 19.8 Å². The number of methoxy groups -OCH3 is 1. The van der Waals surface area contributed by atoms with Crippen LogP contribution >= 0.6 is 11.3 Å². The van der Waals surface area contributed by atoms with E-state index in [1.165, 1.54) is 18.7 Å². The Morgan fingerprint density at radius 3 is 3.24 bits per heavy atom. The lowest BCUT2D eigenvalue weighted by Crippen LogP contribution is -2.26. The van der Waals surface area contributed by atoms with Crippen LogP contribution in [-0.2, 0) is 24.4 Å². The number of nitrogens with zero attached hydrogens (tertiary/aromatic N) is 3. The van der Waals surface area contributed by atoms with Gasteiger partial charge in [0, 0.05) is 44.2 Å². The summed E-state index contributed by atoms with van der Waals surface area (Å²) in [5.74, 6) is 1.76. The SMILES string of the molecule is COCc1nc(CNCC2CCCn3cc(C)nc32)cs1. The highest BCUT2D eigenvalue weighted by Gasteiger charge is 2.21. The van der Waals surface area contributed by atoms with Crippen molar-refractivity contribution in [1.29, 1.82) is 0 Å². The van der Waals surface area contributed by atoms with Gasteiger partial charge < -0.3 is 14.6 Å². The van der Waals surface area contributed by atoms with Crippen molar-refractivity contribution in [1.82, 2.24) is 19.9 Å². The fourth-order valence-electron chi connectivity index (χ4n) is 2.90. The van der Waals surface area contributed by atoms with Crippen molar-refractivity contribution >= 4 is 11.3 Å². The van der Waals surface area contributed by atoms with Crippen molar-refractivity contribution in [2.24, 2.45) is 0 Å². The number of aryl methyl sites for hydroxylation is 2. The first-order valence-electron chi connectivity index (χ1n) is 7.43. The molecule has 0 amide bonds. The maximum Gasteiger partial charge on any atom is 0.119 e. The number of thiazole rings is 1. The molecule has 1 N–H and O–H groups in total. The summed E-state index contributed by atoms with van der Waals surface area (Å²) in [6.45, 7) is 5.57. The van der Waals surface area contributed by atoms with Gasteiger partial charge in [-0.25, -0.2) is 9.97 Å². The largest absolute Gasteiger partial charge is 0.378 e. The summed E-state index contributed by atoms with van der Waals surface area (Å²) in [5, 5.41) is 6.67. The zero-order valence-corrected chi connectivity index (χ0v) is 13.4. The molecule has 0 bridgehead atoms. The monoisotopic (exact) mass is 306 g/mol. The third-order valence-electron chi connectivity index (χ3n) is 3.81. The van der Waals surface area contributed by atoms with E-state index in [0.717, 1.165) is 36.0 Å². The third kappa shape index (κ3) is 3.51. The Bertz CT molecular complexity index is 592. The highest BCUT2D eigenvalue weighted by Crippen LogP contribution is 2.26. The van der Waals surface area contributed by atoms with Crippen molar-refractivity contribution in [3.05, 3.63) is 33.8 Å². The number of hydrogen-bond acceptors (Lipinski definition) is 5. The van der Waals surface area contributed by atoms with Gasteiger partial charge in [-0.1, -0.05) is 0 Å². The molecule has 21 heavy (non-hydrogen) atoms. The van der Waals surface area contributed by atoms with E-state index in [1.807, 2.05) is 0 Å². The van der Waals surface area contributed by atoms with E-state index in [-0.39, 0.29) is 0 Å². The molecule has 1 atom stereocenters. The fraction of sp³-hybridized carbons (Fsp3) is 0.600. The first-order valence-corrected chi connectivity index (χ1v) is 8.31. The molecule has 0 radical (unpaired) electrons. The molecule has 6 heteroatoms. The van der Waals surface area contributed by atoms with Gasteiger partial charge in [0.1, 0.15) is 10.8 Å². The highest BCUT2D eigenvalue weighted by molar-refractivity contribution is 7.09. The van der Waals surface area contributed by atoms with E-state index in [0.29, 0.717) is 12.5 Å². The minimum atomic E-state index is 0.518. The van der Waals surface area contributed by atoms with Gasteiger partial charge in [0.15, 0.2) is 0 Å². The average Bonchev–Trinajstić information content (AvgIpc) is 3.05. The lowest BCUT2D eigenvalue weighted by molar-refractivity contribution is 0.184. The topological polar surface area (TPSA) is 52.0 Å². The van der Waals surface area contributed by atoms with Crippen LogP contribution in [0, 0.1) is 6.92 Å². The van der Waals surface area contributed by atoms with Gasteiger partial charge >= 0.3 is 0 Å². The third-order valence-corrected chi connectivity index (χ3v) is 4.68. The quantitative estimate of drug-likeness (QED) is 0.891. The highest BCUT2D eigenvalue weighted by atomic mass is 32.1. The molecule has 0 spiro atoms. The summed E-state index contributed by atoms with van der Waals surface area (Å²) in [4.78, 5) is 9.22. The molecule has 1 unspecified atom stereocenters. The van der Waals surface area contributed by atoms with E-state index >= 15 is 0 Å². The van der Waals surface area contributed by atoms with Gasteiger partial charge in [0.05, 0.1) is 18.0 Å². The fourth-order valence-corrected chi connectivity index (χ4v) is 3.66. The Kier molecular flexibility index (Phi) is 4.67. The van der Waals surface area contributed by atoms with Gasteiger partial charge in [0.2, 0.25) is 0 Å². The minimum absolute atomic E-state index is 0.518. The molecule has 3 heterocycles. The number of rotatable bonds is 6. The molecule has 0 aromatic carbocycles. The summed E-state index contributed by atoms with van der Waals surface area (Å²) in [7, 11) is 1.70. The molecule has 0 fully saturated rings. The van der Waals surface area contributed by atoms with Crippen LogP contribution in [-0.4, -0.2) is 28.2 Å². The summed E-state index contributed by atoms with van der Waals surface area (Å²) < 4.78 is 7.41. The molecular formula is C15H22N4OS. The van der Waals surface area contributed by atoms with Crippen molar-refractivity contribution in [2.75, 3.05) is 13.7 Å². The van der Waals surface area contributed by atoms with E-state index in [1.54, 1.807) is 18.4 Å². The average molecular weight is 306 g/mol. The second-order valence-corrected chi connectivity index (χ2v) is 6.51. The Morgan fingerprint density at radius 1 is 1.48 bits per heavy atom. The molecule has 1 aliphatic heterocycles. The van der Waals surface area contributed by atoms with E-state index < -0.39 is 0 Å². The molecule has 2 aromatic rings. The van der Waals surface area contributed by atoms with E-state index in [9.17, 15) is 0 Å². The van der Waals surface area contributed by atoms with Crippen LogP contribution in [0.25, 0.3) is 0 Å². The number of fused-ring (bicyclic) bond motifs is 1. The normalized spacial score (nSPS) is 17.9. The zero-order valence-electron chi connectivity index (χ0n) is 12.6. The van der Waals surface area contributed by atoms with Crippen LogP contribution < -0.4 is 5.32 Å². The zero-order chi connectivity index (χ0) is 14.7. The number of hydrogen-bond donors (Lipinski definition) is 1. The number of ether oxygens (including phenoxy) is 1. The van der Waals surface area contributed by atoms with Crippen molar-refractivity contribution in [2.45, 2.75) is 45.4 Å². The lowest BCUT2D eigenvalue weighted by atomic mass is 9.99. The van der Waals surface area contributed by atoms with Gasteiger partial charge in [-0.3, -0.25) is 0 Å². The Hall–Kier alpha value is -1.24. The molecule has 0 aliphatic carbocycles. The van der Waals surface area contributed by atoms with Crippen LogP contribution in [0.3, 0.4) is 0 Å². The first kappa shape index (κ1) is 14.7. The molecule has 5 nitrogen and oxygen atoms in total. The maximum absolute atomic E-state index is 5.10. The predicted molar refractivity (Wildman–Crippen MR) is 83.5 cm³/mol. The molecule has 0 saturated carbocycles. The Labute approximate surface area is 129 Å².